The van der Waals surface area contributed by atoms with Crippen LogP contribution in [0.2, 0.25) is 0 Å². The highest BCUT2D eigenvalue weighted by Gasteiger charge is 2.02. The van der Waals surface area contributed by atoms with Gasteiger partial charge in [0, 0.05) is 6.04 Å². The lowest BCUT2D eigenvalue weighted by atomic mass is 10.1. The summed E-state index contributed by atoms with van der Waals surface area (Å²) in [6.45, 7) is 2.58. The fourth-order valence-corrected chi connectivity index (χ4v) is 1.32. The van der Waals surface area contributed by atoms with Crippen LogP contribution in [0.25, 0.3) is 0 Å². The number of hydrogen-bond acceptors (Lipinski definition) is 1. The number of hydrogen-bond donors (Lipinski definition) is 1. The predicted molar refractivity (Wildman–Crippen MR) is 56.4 cm³/mol. The molecule has 0 spiro atoms. The van der Waals surface area contributed by atoms with Crippen molar-refractivity contribution in [3.63, 3.8) is 0 Å². The van der Waals surface area contributed by atoms with E-state index in [0.717, 1.165) is 12.0 Å². The Morgan fingerprint density at radius 3 is 3.00 bits per heavy atom. The Kier molecular flexibility index (Phi) is 4.15. The van der Waals surface area contributed by atoms with E-state index in [1.54, 1.807) is 12.1 Å². The second kappa shape index (κ2) is 5.41. The molecule has 0 aliphatic heterocycles. The van der Waals surface area contributed by atoms with Crippen LogP contribution in [0.3, 0.4) is 0 Å². The van der Waals surface area contributed by atoms with Gasteiger partial charge in [-0.3, -0.25) is 0 Å². The Labute approximate surface area is 84.3 Å². The van der Waals surface area contributed by atoms with Gasteiger partial charge in [0.2, 0.25) is 0 Å². The summed E-state index contributed by atoms with van der Waals surface area (Å²) >= 11 is 0. The van der Waals surface area contributed by atoms with Crippen LogP contribution < -0.4 is 5.32 Å². The van der Waals surface area contributed by atoms with E-state index < -0.39 is 0 Å². The number of nitrogens with one attached hydrogen (secondary N) is 1. The maximum absolute atomic E-state index is 12.8. The Morgan fingerprint density at radius 1 is 1.57 bits per heavy atom. The minimum Gasteiger partial charge on any atom is -0.303 e. The van der Waals surface area contributed by atoms with Crippen molar-refractivity contribution in [2.45, 2.75) is 19.4 Å². The molecule has 0 saturated carbocycles. The quantitative estimate of drug-likeness (QED) is 0.717. The molecule has 0 radical (unpaired) electrons. The molecule has 0 aromatic heterocycles. The smallest absolute Gasteiger partial charge is 0.123 e. The van der Waals surface area contributed by atoms with Crippen LogP contribution in [0.4, 0.5) is 4.39 Å². The molecule has 1 rings (SSSR count). The first kappa shape index (κ1) is 10.7. The van der Waals surface area contributed by atoms with Crippen LogP contribution >= 0.6 is 0 Å². The number of rotatable bonds is 4. The third kappa shape index (κ3) is 3.59. The lowest BCUT2D eigenvalue weighted by molar-refractivity contribution is 0.579. The first-order valence-corrected chi connectivity index (χ1v) is 4.63. The number of benzene rings is 1. The van der Waals surface area contributed by atoms with Crippen LogP contribution in [0.15, 0.2) is 24.3 Å². The molecule has 1 N–H and O–H groups in total. The summed E-state index contributed by atoms with van der Waals surface area (Å²) in [4.78, 5) is 0. The molecule has 0 heterocycles. The zero-order valence-electron chi connectivity index (χ0n) is 8.26. The van der Waals surface area contributed by atoms with Crippen molar-refractivity contribution in [3.05, 3.63) is 35.6 Å². The molecule has 1 aromatic rings. The zero-order chi connectivity index (χ0) is 10.4. The van der Waals surface area contributed by atoms with Gasteiger partial charge in [-0.2, -0.15) is 0 Å². The molecule has 0 aliphatic carbocycles. The fourth-order valence-electron chi connectivity index (χ4n) is 1.32. The summed E-state index contributed by atoms with van der Waals surface area (Å²) < 4.78 is 12.8. The summed E-state index contributed by atoms with van der Waals surface area (Å²) in [5.41, 5.74) is 0.988. The number of terminal acetylenes is 1. The normalized spacial score (nSPS) is 12.1. The van der Waals surface area contributed by atoms with E-state index in [4.69, 9.17) is 6.42 Å². The van der Waals surface area contributed by atoms with Crippen molar-refractivity contribution in [2.75, 3.05) is 6.54 Å². The lowest BCUT2D eigenvalue weighted by Crippen LogP contribution is -2.28. The Bertz CT molecular complexity index is 327. The van der Waals surface area contributed by atoms with Gasteiger partial charge >= 0.3 is 0 Å². The SMILES string of the molecule is C#CCNC(C)Cc1cccc(F)c1. The Morgan fingerprint density at radius 2 is 2.36 bits per heavy atom. The van der Waals surface area contributed by atoms with Crippen molar-refractivity contribution in [1.29, 1.82) is 0 Å². The molecule has 2 heteroatoms. The highest BCUT2D eigenvalue weighted by atomic mass is 19.1. The van der Waals surface area contributed by atoms with E-state index in [2.05, 4.69) is 11.2 Å². The van der Waals surface area contributed by atoms with Gasteiger partial charge in [-0.15, -0.1) is 6.42 Å². The summed E-state index contributed by atoms with van der Waals surface area (Å²) in [7, 11) is 0. The van der Waals surface area contributed by atoms with Gasteiger partial charge in [0.1, 0.15) is 5.82 Å². The summed E-state index contributed by atoms with van der Waals surface area (Å²) in [6, 6.07) is 6.90. The van der Waals surface area contributed by atoms with Crippen LogP contribution in [0.5, 0.6) is 0 Å². The van der Waals surface area contributed by atoms with Gasteiger partial charge in [0.25, 0.3) is 0 Å². The van der Waals surface area contributed by atoms with Gasteiger partial charge < -0.3 is 5.32 Å². The van der Waals surface area contributed by atoms with Gasteiger partial charge in [-0.05, 0) is 31.0 Å². The maximum atomic E-state index is 12.8. The van der Waals surface area contributed by atoms with Gasteiger partial charge in [-0.25, -0.2) is 4.39 Å². The minimum absolute atomic E-state index is 0.188. The molecular formula is C12H14FN. The second-order valence-electron chi connectivity index (χ2n) is 3.32. The zero-order valence-corrected chi connectivity index (χ0v) is 8.26. The summed E-state index contributed by atoms with van der Waals surface area (Å²) in [5, 5.41) is 3.14. The van der Waals surface area contributed by atoms with Crippen LogP contribution in [-0.2, 0) is 6.42 Å². The van der Waals surface area contributed by atoms with E-state index >= 15 is 0 Å². The van der Waals surface area contributed by atoms with Crippen LogP contribution in [-0.4, -0.2) is 12.6 Å². The molecule has 0 amide bonds. The molecule has 0 bridgehead atoms. The minimum atomic E-state index is -0.188. The maximum Gasteiger partial charge on any atom is 0.123 e. The summed E-state index contributed by atoms with van der Waals surface area (Å²) in [6.07, 6.45) is 5.91. The lowest BCUT2D eigenvalue weighted by Gasteiger charge is -2.11. The predicted octanol–water partition coefficient (Wildman–Crippen LogP) is 1.98. The van der Waals surface area contributed by atoms with Crippen LogP contribution in [0, 0.1) is 18.2 Å². The van der Waals surface area contributed by atoms with Gasteiger partial charge in [-0.1, -0.05) is 18.1 Å². The van der Waals surface area contributed by atoms with Crippen molar-refractivity contribution >= 4 is 0 Å². The third-order valence-corrected chi connectivity index (χ3v) is 1.98. The standard InChI is InChI=1S/C12H14FN/c1-3-7-14-10(2)8-11-5-4-6-12(13)9-11/h1,4-6,9-10,14H,7-8H2,2H3. The topological polar surface area (TPSA) is 12.0 Å². The summed E-state index contributed by atoms with van der Waals surface area (Å²) in [5.74, 6) is 2.32. The van der Waals surface area contributed by atoms with Gasteiger partial charge in [0.05, 0.1) is 6.54 Å². The monoisotopic (exact) mass is 191 g/mol. The Balaban J connectivity index is 2.48. The Hall–Kier alpha value is -1.33. The van der Waals surface area contributed by atoms with Crippen molar-refractivity contribution in [1.82, 2.24) is 5.32 Å². The van der Waals surface area contributed by atoms with E-state index in [0.29, 0.717) is 6.54 Å². The molecule has 1 aromatic carbocycles. The van der Waals surface area contributed by atoms with Crippen molar-refractivity contribution in [3.8, 4) is 12.3 Å². The van der Waals surface area contributed by atoms with Crippen LogP contribution in [0.1, 0.15) is 12.5 Å². The molecule has 1 unspecified atom stereocenters. The van der Waals surface area contributed by atoms with Crippen molar-refractivity contribution < 1.29 is 4.39 Å². The van der Waals surface area contributed by atoms with E-state index in [9.17, 15) is 4.39 Å². The molecule has 74 valence electrons. The highest BCUT2D eigenvalue weighted by molar-refractivity contribution is 5.17. The first-order chi connectivity index (χ1) is 6.72. The number of halogens is 1. The molecule has 14 heavy (non-hydrogen) atoms. The average molecular weight is 191 g/mol. The van der Waals surface area contributed by atoms with Crippen molar-refractivity contribution in [2.24, 2.45) is 0 Å². The fraction of sp³-hybridized carbons (Fsp3) is 0.333. The third-order valence-electron chi connectivity index (χ3n) is 1.98. The van der Waals surface area contributed by atoms with E-state index in [1.165, 1.54) is 6.07 Å². The second-order valence-corrected chi connectivity index (χ2v) is 3.32. The van der Waals surface area contributed by atoms with E-state index in [1.807, 2.05) is 13.0 Å². The average Bonchev–Trinajstić information content (AvgIpc) is 2.15. The van der Waals surface area contributed by atoms with E-state index in [-0.39, 0.29) is 11.9 Å². The highest BCUT2D eigenvalue weighted by Crippen LogP contribution is 2.05. The first-order valence-electron chi connectivity index (χ1n) is 4.63. The molecular weight excluding hydrogens is 177 g/mol. The van der Waals surface area contributed by atoms with Gasteiger partial charge in [0.15, 0.2) is 0 Å². The molecule has 0 fully saturated rings. The molecule has 1 nitrogen and oxygen atoms in total. The largest absolute Gasteiger partial charge is 0.303 e. The molecule has 0 aliphatic rings. The molecule has 0 saturated heterocycles. The molecule has 1 atom stereocenters.